The van der Waals surface area contributed by atoms with Crippen molar-refractivity contribution in [1.82, 2.24) is 25.2 Å². The average molecular weight is 627 g/mol. The Balaban J connectivity index is 1.25. The van der Waals surface area contributed by atoms with E-state index >= 15 is 4.39 Å². The van der Waals surface area contributed by atoms with Crippen molar-refractivity contribution in [3.8, 4) is 23.2 Å². The van der Waals surface area contributed by atoms with Crippen LogP contribution in [0.3, 0.4) is 0 Å². The van der Waals surface area contributed by atoms with E-state index in [9.17, 15) is 9.65 Å². The quantitative estimate of drug-likeness (QED) is 0.298. The number of aryl methyl sites for hydroxylation is 1. The summed E-state index contributed by atoms with van der Waals surface area (Å²) in [6, 6.07) is 5.83. The molecule has 1 aromatic carbocycles. The minimum absolute atomic E-state index is 0.0966. The van der Waals surface area contributed by atoms with Crippen molar-refractivity contribution in [1.29, 1.82) is 5.26 Å². The third-order valence-corrected chi connectivity index (χ3v) is 11.1. The van der Waals surface area contributed by atoms with E-state index < -0.39 is 12.0 Å². The number of hydrogen-bond donors (Lipinski definition) is 2. The summed E-state index contributed by atoms with van der Waals surface area (Å²) in [4.78, 5) is 19.3. The highest BCUT2D eigenvalue weighted by Gasteiger charge is 2.49. The molecule has 12 heteroatoms. The number of aromatic nitrogens is 3. The van der Waals surface area contributed by atoms with Crippen LogP contribution in [-0.4, -0.2) is 76.4 Å². The van der Waals surface area contributed by atoms with E-state index in [-0.39, 0.29) is 53.3 Å². The van der Waals surface area contributed by atoms with Crippen molar-refractivity contribution in [3.63, 3.8) is 0 Å². The number of anilines is 2. The number of piperazine rings is 1. The molecule has 7 heterocycles. The van der Waals surface area contributed by atoms with E-state index in [4.69, 9.17) is 29.8 Å². The van der Waals surface area contributed by atoms with E-state index in [1.54, 1.807) is 6.07 Å². The number of ether oxygens (including phenoxy) is 1. The minimum Gasteiger partial charge on any atom is -0.461 e. The van der Waals surface area contributed by atoms with Crippen LogP contribution in [0.25, 0.3) is 33.1 Å². The molecule has 10 nitrogen and oxygen atoms in total. The first-order valence-corrected chi connectivity index (χ1v) is 16.5. The zero-order chi connectivity index (χ0) is 31.3. The summed E-state index contributed by atoms with van der Waals surface area (Å²) in [7, 11) is 0. The molecule has 0 spiro atoms. The average Bonchev–Trinajstić information content (AvgIpc) is 3.52. The summed E-state index contributed by atoms with van der Waals surface area (Å²) in [6.45, 7) is 5.06. The third kappa shape index (κ3) is 4.14. The first kappa shape index (κ1) is 28.2. The number of fused-ring (bicyclic) bond motifs is 5. The molecular formula is C34H36F2N8O2. The number of nitrogens with two attached hydrogens (primary N) is 1. The summed E-state index contributed by atoms with van der Waals surface area (Å²) in [5.41, 5.74) is 9.57. The van der Waals surface area contributed by atoms with E-state index in [0.29, 0.717) is 51.9 Å². The van der Waals surface area contributed by atoms with Gasteiger partial charge in [0, 0.05) is 60.2 Å². The highest BCUT2D eigenvalue weighted by atomic mass is 19.1. The predicted octanol–water partition coefficient (Wildman–Crippen LogP) is 5.11. The first-order chi connectivity index (χ1) is 22.3. The second kappa shape index (κ2) is 10.2. The Hall–Kier alpha value is -4.08. The number of hydrogen-bond acceptors (Lipinski definition) is 10. The molecule has 5 fully saturated rings. The van der Waals surface area contributed by atoms with Gasteiger partial charge in [-0.05, 0) is 75.6 Å². The highest BCUT2D eigenvalue weighted by Crippen LogP contribution is 2.51. The molecule has 3 N–H and O–H groups in total. The molecule has 0 amide bonds. The zero-order valence-electron chi connectivity index (χ0n) is 25.8. The number of pyridine rings is 1. The topological polar surface area (TPSA) is 129 Å². The second-order valence-corrected chi connectivity index (χ2v) is 13.9. The summed E-state index contributed by atoms with van der Waals surface area (Å²) in [5, 5.41) is 14.6. The SMILES string of the molecule is Cc1c(-c2c(F)ccc3oc(N)c(C4CC4)c23)c(C#N)nc2c(N3C4CCC3CNC4)nc(OC[C@@]34CCCN3C[C@H](F)C4)nc12. The van der Waals surface area contributed by atoms with Crippen LogP contribution in [0, 0.1) is 24.1 Å². The number of furan rings is 1. The summed E-state index contributed by atoms with van der Waals surface area (Å²) in [6.07, 6.45) is 5.35. The third-order valence-electron chi connectivity index (χ3n) is 11.1. The predicted molar refractivity (Wildman–Crippen MR) is 169 cm³/mol. The van der Waals surface area contributed by atoms with Gasteiger partial charge < -0.3 is 25.1 Å². The molecule has 4 saturated heterocycles. The first-order valence-electron chi connectivity index (χ1n) is 16.5. The Morgan fingerprint density at radius 3 is 2.70 bits per heavy atom. The molecule has 9 rings (SSSR count). The molecule has 4 atom stereocenters. The molecule has 5 aliphatic rings. The number of halogens is 2. The van der Waals surface area contributed by atoms with Gasteiger partial charge in [0.2, 0.25) is 0 Å². The standard InChI is InChI=1S/C34H36F2N8O2/c1-17-25(27-22(36)7-8-24-28(27)26(18-3-4-18)31(38)46-24)23(12-37)40-30-29(17)41-33(42-32(30)44-20-5-6-21(44)14-39-13-20)45-16-34-9-2-10-43(34)15-19(35)11-34/h7-8,18-21,39H,2-6,9-11,13-16,38H2,1H3/t19-,20?,21?,34+/m1/s1. The molecule has 1 saturated carbocycles. The monoisotopic (exact) mass is 626 g/mol. The van der Waals surface area contributed by atoms with Crippen molar-refractivity contribution in [3.05, 3.63) is 34.8 Å². The highest BCUT2D eigenvalue weighted by molar-refractivity contribution is 6.04. The number of nitriles is 1. The van der Waals surface area contributed by atoms with Gasteiger partial charge in [-0.3, -0.25) is 4.90 Å². The normalized spacial score (nSPS) is 27.5. The fourth-order valence-corrected chi connectivity index (χ4v) is 8.88. The van der Waals surface area contributed by atoms with Crippen molar-refractivity contribution in [2.45, 2.75) is 81.6 Å². The number of nitrogen functional groups attached to an aromatic ring is 1. The van der Waals surface area contributed by atoms with Gasteiger partial charge >= 0.3 is 6.01 Å². The molecule has 238 valence electrons. The molecule has 2 unspecified atom stereocenters. The lowest BCUT2D eigenvalue weighted by molar-refractivity contribution is 0.107. The van der Waals surface area contributed by atoms with Crippen LogP contribution in [0.4, 0.5) is 20.5 Å². The summed E-state index contributed by atoms with van der Waals surface area (Å²) < 4.78 is 42.9. The molecule has 46 heavy (non-hydrogen) atoms. The summed E-state index contributed by atoms with van der Waals surface area (Å²) >= 11 is 0. The lowest BCUT2D eigenvalue weighted by Gasteiger charge is -2.37. The zero-order valence-corrected chi connectivity index (χ0v) is 25.8. The van der Waals surface area contributed by atoms with Crippen molar-refractivity contribution in [2.24, 2.45) is 0 Å². The maximum atomic E-state index is 16.1. The number of benzene rings is 1. The maximum absolute atomic E-state index is 16.1. The molecule has 4 aliphatic heterocycles. The van der Waals surface area contributed by atoms with E-state index in [0.717, 1.165) is 63.7 Å². The van der Waals surface area contributed by atoms with Gasteiger partial charge in [-0.1, -0.05) is 0 Å². The van der Waals surface area contributed by atoms with E-state index in [2.05, 4.69) is 21.2 Å². The van der Waals surface area contributed by atoms with Crippen LogP contribution >= 0.6 is 0 Å². The van der Waals surface area contributed by atoms with Gasteiger partial charge in [0.1, 0.15) is 47.0 Å². The Labute approximate surface area is 264 Å². The number of alkyl halides is 1. The molecule has 1 aliphatic carbocycles. The van der Waals surface area contributed by atoms with Crippen LogP contribution in [0.1, 0.15) is 67.7 Å². The fourth-order valence-electron chi connectivity index (χ4n) is 8.88. The van der Waals surface area contributed by atoms with Crippen LogP contribution in [0.5, 0.6) is 6.01 Å². The largest absolute Gasteiger partial charge is 0.461 e. The van der Waals surface area contributed by atoms with Gasteiger partial charge in [-0.25, -0.2) is 13.8 Å². The van der Waals surface area contributed by atoms with Gasteiger partial charge in [0.05, 0.1) is 5.54 Å². The van der Waals surface area contributed by atoms with E-state index in [1.165, 1.54) is 6.07 Å². The molecule has 4 aromatic rings. The molecule has 3 aromatic heterocycles. The van der Waals surface area contributed by atoms with Gasteiger partial charge in [0.15, 0.2) is 11.7 Å². The van der Waals surface area contributed by atoms with Gasteiger partial charge in [-0.2, -0.15) is 15.2 Å². The fraction of sp³-hybridized carbons (Fsp3) is 0.529. The number of rotatable bonds is 6. The van der Waals surface area contributed by atoms with Crippen LogP contribution in [0.2, 0.25) is 0 Å². The smallest absolute Gasteiger partial charge is 0.319 e. The van der Waals surface area contributed by atoms with E-state index in [1.807, 2.05) is 6.92 Å². The number of nitrogens with zero attached hydrogens (tertiary/aromatic N) is 6. The second-order valence-electron chi connectivity index (χ2n) is 13.9. The van der Waals surface area contributed by atoms with Crippen LogP contribution in [-0.2, 0) is 0 Å². The summed E-state index contributed by atoms with van der Waals surface area (Å²) in [5.74, 6) is 0.614. The Bertz CT molecular complexity index is 1940. The van der Waals surface area contributed by atoms with Crippen LogP contribution < -0.4 is 20.7 Å². The van der Waals surface area contributed by atoms with Gasteiger partial charge in [-0.15, -0.1) is 0 Å². The Morgan fingerprint density at radius 1 is 1.13 bits per heavy atom. The van der Waals surface area contributed by atoms with Gasteiger partial charge in [0.25, 0.3) is 0 Å². The minimum atomic E-state index is -0.873. The molecule has 0 radical (unpaired) electrons. The lowest BCUT2D eigenvalue weighted by Crippen LogP contribution is -2.52. The maximum Gasteiger partial charge on any atom is 0.319 e. The Morgan fingerprint density at radius 2 is 1.93 bits per heavy atom. The molecular weight excluding hydrogens is 590 g/mol. The van der Waals surface area contributed by atoms with Crippen molar-refractivity contribution >= 4 is 33.7 Å². The lowest BCUT2D eigenvalue weighted by atomic mass is 9.92. The number of nitrogens with one attached hydrogen (secondary N) is 1. The van der Waals surface area contributed by atoms with Crippen molar-refractivity contribution in [2.75, 3.05) is 43.4 Å². The molecule has 2 bridgehead atoms. The van der Waals surface area contributed by atoms with Crippen LogP contribution in [0.15, 0.2) is 16.5 Å². The Kier molecular flexibility index (Phi) is 6.25. The van der Waals surface area contributed by atoms with Crippen molar-refractivity contribution < 1.29 is 17.9 Å².